The molecule has 0 heterocycles. The van der Waals surface area contributed by atoms with Gasteiger partial charge in [-0.1, -0.05) is 55.5 Å². The molecule has 102 valence electrons. The van der Waals surface area contributed by atoms with Crippen molar-refractivity contribution in [2.24, 2.45) is 11.8 Å². The Labute approximate surface area is 115 Å². The molecule has 2 rings (SSSR count). The van der Waals surface area contributed by atoms with Gasteiger partial charge in [0.1, 0.15) is 5.60 Å². The molecule has 0 amide bonds. The lowest BCUT2D eigenvalue weighted by Crippen LogP contribution is -2.44. The average molecular weight is 258 g/mol. The van der Waals surface area contributed by atoms with Gasteiger partial charge in [0.2, 0.25) is 0 Å². The first-order valence-corrected chi connectivity index (χ1v) is 7.08. The van der Waals surface area contributed by atoms with Gasteiger partial charge in [-0.3, -0.25) is 0 Å². The maximum Gasteiger partial charge on any atom is 0.108 e. The van der Waals surface area contributed by atoms with E-state index in [1.807, 2.05) is 30.3 Å². The van der Waals surface area contributed by atoms with Crippen LogP contribution in [0.1, 0.15) is 37.7 Å². The fraction of sp³-hybridized carbons (Fsp3) is 0.529. The smallest absolute Gasteiger partial charge is 0.108 e. The Hall–Kier alpha value is -1.30. The number of terminal acetylenes is 1. The van der Waals surface area contributed by atoms with Crippen molar-refractivity contribution in [2.45, 2.75) is 37.7 Å². The number of hydrogen-bond donors (Lipinski definition) is 2. The summed E-state index contributed by atoms with van der Waals surface area (Å²) in [4.78, 5) is 0. The normalized spacial score (nSPS) is 21.3. The minimum absolute atomic E-state index is 0.136. The zero-order valence-corrected chi connectivity index (χ0v) is 11.3. The topological polar surface area (TPSA) is 40.5 Å². The maximum absolute atomic E-state index is 11.3. The van der Waals surface area contributed by atoms with E-state index in [2.05, 4.69) is 5.92 Å². The van der Waals surface area contributed by atoms with E-state index in [-0.39, 0.29) is 12.5 Å². The zero-order chi connectivity index (χ0) is 13.7. The van der Waals surface area contributed by atoms with Crippen LogP contribution in [0.15, 0.2) is 30.3 Å². The molecular formula is C17H22O2. The summed E-state index contributed by atoms with van der Waals surface area (Å²) in [5, 5.41) is 20.8. The van der Waals surface area contributed by atoms with Gasteiger partial charge in [-0.2, -0.15) is 0 Å². The molecule has 1 fully saturated rings. The molecule has 0 unspecified atom stereocenters. The van der Waals surface area contributed by atoms with Crippen molar-refractivity contribution in [1.29, 1.82) is 0 Å². The average Bonchev–Trinajstić information content (AvgIpc) is 2.50. The third kappa shape index (κ3) is 2.68. The highest BCUT2D eigenvalue weighted by Crippen LogP contribution is 2.43. The third-order valence-corrected chi connectivity index (χ3v) is 4.38. The Bertz CT molecular complexity index is 428. The van der Waals surface area contributed by atoms with Crippen LogP contribution in [0.2, 0.25) is 0 Å². The van der Waals surface area contributed by atoms with Crippen LogP contribution in [0.25, 0.3) is 0 Å². The standard InChI is InChI=1S/C17H22O2/c1-2-14(13-18)17(19,15-9-5-3-6-10-15)16-11-7-4-8-12-16/h1,3,5-6,9-10,14,16,18-19H,4,7-8,11-13H2/t14-,17+/m0/s1. The van der Waals surface area contributed by atoms with Gasteiger partial charge in [0, 0.05) is 0 Å². The van der Waals surface area contributed by atoms with Crippen molar-refractivity contribution >= 4 is 0 Å². The molecular weight excluding hydrogens is 236 g/mol. The van der Waals surface area contributed by atoms with Gasteiger partial charge in [0.25, 0.3) is 0 Å². The summed E-state index contributed by atoms with van der Waals surface area (Å²) >= 11 is 0. The summed E-state index contributed by atoms with van der Waals surface area (Å²) in [6.45, 7) is -0.182. The number of aliphatic hydroxyl groups excluding tert-OH is 1. The lowest BCUT2D eigenvalue weighted by molar-refractivity contribution is -0.0832. The van der Waals surface area contributed by atoms with Gasteiger partial charge < -0.3 is 10.2 Å². The Morgan fingerprint density at radius 3 is 2.37 bits per heavy atom. The van der Waals surface area contributed by atoms with Crippen molar-refractivity contribution in [3.05, 3.63) is 35.9 Å². The maximum atomic E-state index is 11.3. The number of rotatable bonds is 4. The second kappa shape index (κ2) is 6.23. The summed E-state index contributed by atoms with van der Waals surface area (Å²) in [7, 11) is 0. The van der Waals surface area contributed by atoms with E-state index in [0.29, 0.717) is 0 Å². The molecule has 2 heteroatoms. The van der Waals surface area contributed by atoms with Crippen LogP contribution in [0.3, 0.4) is 0 Å². The molecule has 2 N–H and O–H groups in total. The van der Waals surface area contributed by atoms with Crippen LogP contribution in [0.5, 0.6) is 0 Å². The minimum atomic E-state index is -1.11. The summed E-state index contributed by atoms with van der Waals surface area (Å²) in [5.74, 6) is 2.18. The Kier molecular flexibility index (Phi) is 4.63. The molecule has 19 heavy (non-hydrogen) atoms. The number of hydrogen-bond acceptors (Lipinski definition) is 2. The number of benzene rings is 1. The SMILES string of the molecule is C#C[C@@H](CO)[C@@](O)(c1ccccc1)C1CCCCC1. The molecule has 0 aromatic heterocycles. The molecule has 0 saturated heterocycles. The van der Waals surface area contributed by atoms with Crippen molar-refractivity contribution < 1.29 is 10.2 Å². The van der Waals surface area contributed by atoms with E-state index in [1.165, 1.54) is 6.42 Å². The highest BCUT2D eigenvalue weighted by atomic mass is 16.3. The monoisotopic (exact) mass is 258 g/mol. The van der Waals surface area contributed by atoms with Crippen LogP contribution in [-0.2, 0) is 5.60 Å². The first-order chi connectivity index (χ1) is 9.23. The lowest BCUT2D eigenvalue weighted by atomic mass is 9.67. The van der Waals surface area contributed by atoms with Crippen LogP contribution in [0, 0.1) is 24.2 Å². The third-order valence-electron chi connectivity index (χ3n) is 4.38. The second-order valence-corrected chi connectivity index (χ2v) is 5.43. The van der Waals surface area contributed by atoms with E-state index < -0.39 is 11.5 Å². The van der Waals surface area contributed by atoms with E-state index in [9.17, 15) is 10.2 Å². The highest BCUT2D eigenvalue weighted by Gasteiger charge is 2.44. The van der Waals surface area contributed by atoms with Crippen LogP contribution < -0.4 is 0 Å². The molecule has 0 spiro atoms. The van der Waals surface area contributed by atoms with E-state index in [0.717, 1.165) is 31.2 Å². The molecule has 0 radical (unpaired) electrons. The summed E-state index contributed by atoms with van der Waals surface area (Å²) in [5.41, 5.74) is -0.274. The van der Waals surface area contributed by atoms with Gasteiger partial charge in [-0.25, -0.2) is 0 Å². The van der Waals surface area contributed by atoms with Crippen LogP contribution >= 0.6 is 0 Å². The number of aliphatic hydroxyl groups is 2. The largest absolute Gasteiger partial charge is 0.395 e. The Morgan fingerprint density at radius 2 is 1.84 bits per heavy atom. The summed E-state index contributed by atoms with van der Waals surface area (Å²) < 4.78 is 0. The van der Waals surface area contributed by atoms with Gasteiger partial charge in [0.15, 0.2) is 0 Å². The van der Waals surface area contributed by atoms with E-state index in [4.69, 9.17) is 6.42 Å². The highest BCUT2D eigenvalue weighted by molar-refractivity contribution is 5.27. The Balaban J connectivity index is 2.40. The summed E-state index contributed by atoms with van der Waals surface area (Å²) in [6, 6.07) is 9.57. The minimum Gasteiger partial charge on any atom is -0.395 e. The predicted octanol–water partition coefficient (Wildman–Crippen LogP) is 2.70. The first kappa shape index (κ1) is 14.1. The first-order valence-electron chi connectivity index (χ1n) is 7.08. The van der Waals surface area contributed by atoms with Crippen molar-refractivity contribution in [1.82, 2.24) is 0 Å². The molecule has 1 saturated carbocycles. The van der Waals surface area contributed by atoms with Gasteiger partial charge in [0.05, 0.1) is 12.5 Å². The van der Waals surface area contributed by atoms with Gasteiger partial charge in [-0.05, 0) is 24.3 Å². The zero-order valence-electron chi connectivity index (χ0n) is 11.3. The van der Waals surface area contributed by atoms with Gasteiger partial charge in [-0.15, -0.1) is 6.42 Å². The van der Waals surface area contributed by atoms with Crippen LogP contribution in [0.4, 0.5) is 0 Å². The second-order valence-electron chi connectivity index (χ2n) is 5.43. The van der Waals surface area contributed by atoms with Crippen LogP contribution in [-0.4, -0.2) is 16.8 Å². The fourth-order valence-corrected chi connectivity index (χ4v) is 3.29. The van der Waals surface area contributed by atoms with Gasteiger partial charge >= 0.3 is 0 Å². The molecule has 2 atom stereocenters. The molecule has 1 aliphatic carbocycles. The van der Waals surface area contributed by atoms with E-state index in [1.54, 1.807) is 0 Å². The van der Waals surface area contributed by atoms with Crippen molar-refractivity contribution in [2.75, 3.05) is 6.61 Å². The molecule has 1 aromatic rings. The van der Waals surface area contributed by atoms with Crippen molar-refractivity contribution in [3.8, 4) is 12.3 Å². The van der Waals surface area contributed by atoms with E-state index >= 15 is 0 Å². The predicted molar refractivity (Wildman–Crippen MR) is 76.3 cm³/mol. The lowest BCUT2D eigenvalue weighted by Gasteiger charge is -2.42. The molecule has 0 aliphatic heterocycles. The fourth-order valence-electron chi connectivity index (χ4n) is 3.29. The molecule has 1 aliphatic rings. The molecule has 1 aromatic carbocycles. The molecule has 0 bridgehead atoms. The Morgan fingerprint density at radius 1 is 1.21 bits per heavy atom. The molecule has 2 nitrogen and oxygen atoms in total. The summed E-state index contributed by atoms with van der Waals surface area (Å²) in [6.07, 6.45) is 11.0. The van der Waals surface area contributed by atoms with Crippen molar-refractivity contribution in [3.63, 3.8) is 0 Å². The quantitative estimate of drug-likeness (QED) is 0.815.